The lowest BCUT2D eigenvalue weighted by atomic mass is 9.94. The van der Waals surface area contributed by atoms with E-state index in [9.17, 15) is 9.90 Å². The molecule has 106 valence electrons. The van der Waals surface area contributed by atoms with E-state index in [1.165, 1.54) is 0 Å². The van der Waals surface area contributed by atoms with E-state index >= 15 is 0 Å². The van der Waals surface area contributed by atoms with Crippen LogP contribution in [0.3, 0.4) is 0 Å². The summed E-state index contributed by atoms with van der Waals surface area (Å²) >= 11 is 3.34. The second kappa shape index (κ2) is 7.50. The molecule has 0 saturated carbocycles. The van der Waals surface area contributed by atoms with Crippen molar-refractivity contribution in [1.82, 2.24) is 5.32 Å². The van der Waals surface area contributed by atoms with Crippen molar-refractivity contribution >= 4 is 21.8 Å². The van der Waals surface area contributed by atoms with Gasteiger partial charge in [0.05, 0.1) is 12.1 Å². The lowest BCUT2D eigenvalue weighted by molar-refractivity contribution is -0.125. The molecule has 1 amide bonds. The van der Waals surface area contributed by atoms with Crippen LogP contribution < -0.4 is 10.1 Å². The number of benzene rings is 1. The Balaban J connectivity index is 2.52. The average molecular weight is 330 g/mol. The van der Waals surface area contributed by atoms with Crippen molar-refractivity contribution in [2.45, 2.75) is 32.2 Å². The van der Waals surface area contributed by atoms with E-state index in [-0.39, 0.29) is 19.1 Å². The third-order valence-electron chi connectivity index (χ3n) is 3.23. The van der Waals surface area contributed by atoms with Gasteiger partial charge in [0.15, 0.2) is 6.61 Å². The Hall–Kier alpha value is -1.07. The first-order chi connectivity index (χ1) is 9.05. The normalized spacial score (nSPS) is 11.2. The van der Waals surface area contributed by atoms with Crippen molar-refractivity contribution in [3.63, 3.8) is 0 Å². The second-order valence-corrected chi connectivity index (χ2v) is 5.36. The highest BCUT2D eigenvalue weighted by Crippen LogP contribution is 2.18. The summed E-state index contributed by atoms with van der Waals surface area (Å²) in [5.41, 5.74) is -0.544. The van der Waals surface area contributed by atoms with Gasteiger partial charge in [-0.1, -0.05) is 35.8 Å². The minimum absolute atomic E-state index is 0.0573. The van der Waals surface area contributed by atoms with Crippen molar-refractivity contribution in [2.75, 3.05) is 13.2 Å². The first-order valence-electron chi connectivity index (χ1n) is 6.35. The van der Waals surface area contributed by atoms with E-state index in [1.54, 1.807) is 12.1 Å². The fourth-order valence-corrected chi connectivity index (χ4v) is 2.11. The highest BCUT2D eigenvalue weighted by Gasteiger charge is 2.27. The molecule has 0 aliphatic rings. The lowest BCUT2D eigenvalue weighted by Crippen LogP contribution is -2.51. The fraction of sp³-hybridized carbons (Fsp3) is 0.500. The molecule has 1 aromatic carbocycles. The molecule has 0 aliphatic heterocycles. The van der Waals surface area contributed by atoms with Crippen molar-refractivity contribution in [1.29, 1.82) is 0 Å². The number of carbonyl (C=O) groups excluding carboxylic acids is 1. The van der Waals surface area contributed by atoms with Gasteiger partial charge in [-0.3, -0.25) is 4.79 Å². The molecule has 0 saturated heterocycles. The van der Waals surface area contributed by atoms with E-state index in [1.807, 2.05) is 26.0 Å². The smallest absolute Gasteiger partial charge is 0.258 e. The van der Waals surface area contributed by atoms with Gasteiger partial charge in [-0.25, -0.2) is 0 Å². The zero-order chi connectivity index (χ0) is 14.3. The Morgan fingerprint density at radius 2 is 2.11 bits per heavy atom. The molecule has 1 aromatic rings. The van der Waals surface area contributed by atoms with Crippen molar-refractivity contribution < 1.29 is 14.6 Å². The first-order valence-corrected chi connectivity index (χ1v) is 7.14. The Labute approximate surface area is 122 Å². The molecule has 0 aromatic heterocycles. The monoisotopic (exact) mass is 329 g/mol. The SMILES string of the molecule is CCC(CC)(CO)NC(=O)COc1cccc(Br)c1. The summed E-state index contributed by atoms with van der Waals surface area (Å²) in [5.74, 6) is 0.407. The molecule has 0 unspecified atom stereocenters. The van der Waals surface area contributed by atoms with Crippen LogP contribution in [0.1, 0.15) is 26.7 Å². The van der Waals surface area contributed by atoms with Gasteiger partial charge in [-0.2, -0.15) is 0 Å². The van der Waals surface area contributed by atoms with Gasteiger partial charge in [0, 0.05) is 4.47 Å². The number of rotatable bonds is 7. The number of nitrogens with one attached hydrogen (secondary N) is 1. The van der Waals surface area contributed by atoms with Crippen LogP contribution in [0.25, 0.3) is 0 Å². The summed E-state index contributed by atoms with van der Waals surface area (Å²) in [6.45, 7) is 3.76. The van der Waals surface area contributed by atoms with E-state index in [0.29, 0.717) is 18.6 Å². The predicted molar refractivity (Wildman–Crippen MR) is 78.2 cm³/mol. The Bertz CT molecular complexity index is 411. The van der Waals surface area contributed by atoms with Gasteiger partial charge in [0.25, 0.3) is 5.91 Å². The van der Waals surface area contributed by atoms with E-state index in [0.717, 1.165) is 4.47 Å². The highest BCUT2D eigenvalue weighted by atomic mass is 79.9. The van der Waals surface area contributed by atoms with Gasteiger partial charge >= 0.3 is 0 Å². The summed E-state index contributed by atoms with van der Waals surface area (Å²) in [6, 6.07) is 7.31. The van der Waals surface area contributed by atoms with Gasteiger partial charge in [0.2, 0.25) is 0 Å². The standard InChI is InChI=1S/C14H20BrNO3/c1-3-14(4-2,10-17)16-13(18)9-19-12-7-5-6-11(15)8-12/h5-8,17H,3-4,9-10H2,1-2H3,(H,16,18). The first kappa shape index (κ1) is 16.0. The maximum absolute atomic E-state index is 11.8. The number of carbonyl (C=O) groups is 1. The van der Waals surface area contributed by atoms with E-state index < -0.39 is 5.54 Å². The third kappa shape index (κ3) is 4.84. The molecule has 0 bridgehead atoms. The summed E-state index contributed by atoms with van der Waals surface area (Å²) in [4.78, 5) is 11.8. The van der Waals surface area contributed by atoms with Crippen LogP contribution in [0.5, 0.6) is 5.75 Å². The predicted octanol–water partition coefficient (Wildman–Crippen LogP) is 2.50. The van der Waals surface area contributed by atoms with E-state index in [4.69, 9.17) is 4.74 Å². The molecule has 19 heavy (non-hydrogen) atoms. The Morgan fingerprint density at radius 3 is 2.63 bits per heavy atom. The third-order valence-corrected chi connectivity index (χ3v) is 3.72. The summed E-state index contributed by atoms with van der Waals surface area (Å²) < 4.78 is 6.30. The molecule has 0 aliphatic carbocycles. The van der Waals surface area contributed by atoms with Crippen LogP contribution in [0, 0.1) is 0 Å². The van der Waals surface area contributed by atoms with Crippen molar-refractivity contribution in [3.8, 4) is 5.75 Å². The molecular formula is C14H20BrNO3. The molecule has 0 spiro atoms. The highest BCUT2D eigenvalue weighted by molar-refractivity contribution is 9.10. The molecule has 5 heteroatoms. The molecular weight excluding hydrogens is 310 g/mol. The van der Waals surface area contributed by atoms with Crippen LogP contribution in [-0.4, -0.2) is 29.8 Å². The number of hydrogen-bond donors (Lipinski definition) is 2. The van der Waals surface area contributed by atoms with Crippen LogP contribution in [0.4, 0.5) is 0 Å². The molecule has 0 atom stereocenters. The number of aliphatic hydroxyl groups excluding tert-OH is 1. The summed E-state index contributed by atoms with van der Waals surface area (Å²) in [7, 11) is 0. The van der Waals surface area contributed by atoms with E-state index in [2.05, 4.69) is 21.2 Å². The minimum atomic E-state index is -0.544. The van der Waals surface area contributed by atoms with Crippen LogP contribution in [0.15, 0.2) is 28.7 Å². The van der Waals surface area contributed by atoms with Crippen molar-refractivity contribution in [3.05, 3.63) is 28.7 Å². The maximum Gasteiger partial charge on any atom is 0.258 e. The zero-order valence-electron chi connectivity index (χ0n) is 11.3. The largest absolute Gasteiger partial charge is 0.484 e. The van der Waals surface area contributed by atoms with Crippen molar-refractivity contribution in [2.24, 2.45) is 0 Å². The van der Waals surface area contributed by atoms with Gasteiger partial charge in [0.1, 0.15) is 5.75 Å². The van der Waals surface area contributed by atoms with Gasteiger partial charge < -0.3 is 15.2 Å². The minimum Gasteiger partial charge on any atom is -0.484 e. The van der Waals surface area contributed by atoms with Gasteiger partial charge in [-0.05, 0) is 31.0 Å². The quantitative estimate of drug-likeness (QED) is 0.808. The Morgan fingerprint density at radius 1 is 1.42 bits per heavy atom. The molecule has 0 heterocycles. The maximum atomic E-state index is 11.8. The van der Waals surface area contributed by atoms with Crippen LogP contribution in [-0.2, 0) is 4.79 Å². The summed E-state index contributed by atoms with van der Waals surface area (Å²) in [5, 5.41) is 12.2. The number of aliphatic hydroxyl groups is 1. The van der Waals surface area contributed by atoms with Crippen LogP contribution >= 0.6 is 15.9 Å². The zero-order valence-corrected chi connectivity index (χ0v) is 12.9. The topological polar surface area (TPSA) is 58.6 Å². The molecule has 4 nitrogen and oxygen atoms in total. The molecule has 0 radical (unpaired) electrons. The van der Waals surface area contributed by atoms with Crippen LogP contribution in [0.2, 0.25) is 0 Å². The number of ether oxygens (including phenoxy) is 1. The second-order valence-electron chi connectivity index (χ2n) is 4.44. The lowest BCUT2D eigenvalue weighted by Gasteiger charge is -2.30. The number of hydrogen-bond acceptors (Lipinski definition) is 3. The fourth-order valence-electron chi connectivity index (χ4n) is 1.73. The summed E-state index contributed by atoms with van der Waals surface area (Å²) in [6.07, 6.45) is 1.37. The molecule has 0 fully saturated rings. The average Bonchev–Trinajstić information content (AvgIpc) is 2.43. The Kier molecular flexibility index (Phi) is 6.31. The number of halogens is 1. The molecule has 1 rings (SSSR count). The molecule has 2 N–H and O–H groups in total. The van der Waals surface area contributed by atoms with Gasteiger partial charge in [-0.15, -0.1) is 0 Å². The number of amides is 1.